The van der Waals surface area contributed by atoms with Crippen LogP contribution in [0.2, 0.25) is 0 Å². The van der Waals surface area contributed by atoms with E-state index in [1.54, 1.807) is 31.6 Å². The fourth-order valence-corrected chi connectivity index (χ4v) is 2.03. The number of rotatable bonds is 5. The van der Waals surface area contributed by atoms with Crippen LogP contribution >= 0.6 is 24.0 Å². The molecule has 2 rings (SSSR count). The van der Waals surface area contributed by atoms with Gasteiger partial charge in [0.05, 0.1) is 24.5 Å². The largest absolute Gasteiger partial charge is 0.350 e. The van der Waals surface area contributed by atoms with Gasteiger partial charge < -0.3 is 16.0 Å². The van der Waals surface area contributed by atoms with Gasteiger partial charge in [-0.15, -0.1) is 24.0 Å². The van der Waals surface area contributed by atoms with Gasteiger partial charge in [0.25, 0.3) is 0 Å². The van der Waals surface area contributed by atoms with Crippen LogP contribution in [-0.4, -0.2) is 30.4 Å². The summed E-state index contributed by atoms with van der Waals surface area (Å²) in [6, 6.07) is 13.7. The minimum Gasteiger partial charge on any atom is -0.350 e. The highest BCUT2D eigenvalue weighted by Crippen LogP contribution is 2.10. The Labute approximate surface area is 159 Å². The second-order valence-corrected chi connectivity index (χ2v) is 4.99. The van der Waals surface area contributed by atoms with E-state index < -0.39 is 0 Å². The average Bonchev–Trinajstić information content (AvgIpc) is 2.60. The zero-order chi connectivity index (χ0) is 16.5. The van der Waals surface area contributed by atoms with Gasteiger partial charge in [-0.25, -0.2) is 0 Å². The number of carbonyl (C=O) groups is 1. The van der Waals surface area contributed by atoms with Crippen molar-refractivity contribution in [1.82, 2.24) is 15.6 Å². The minimum atomic E-state index is -0.159. The number of hydrogen-bond acceptors (Lipinski definition) is 3. The number of hydrogen-bond donors (Lipinski definition) is 3. The molecule has 1 amide bonds. The number of pyridine rings is 1. The van der Waals surface area contributed by atoms with E-state index in [9.17, 15) is 4.79 Å². The normalized spacial score (nSPS) is 11.8. The first-order valence-electron chi connectivity index (χ1n) is 7.41. The molecule has 1 atom stereocenters. The highest BCUT2D eigenvalue weighted by atomic mass is 127. The molecule has 0 fully saturated rings. The van der Waals surface area contributed by atoms with Gasteiger partial charge >= 0.3 is 0 Å². The summed E-state index contributed by atoms with van der Waals surface area (Å²) in [6.45, 7) is 2.16. The number of benzene rings is 1. The Kier molecular flexibility index (Phi) is 8.77. The number of anilines is 1. The number of nitrogens with zero attached hydrogens (tertiary/aromatic N) is 2. The monoisotopic (exact) mass is 439 g/mol. The van der Waals surface area contributed by atoms with Crippen molar-refractivity contribution in [2.24, 2.45) is 4.99 Å². The quantitative estimate of drug-likeness (QED) is 0.380. The van der Waals surface area contributed by atoms with E-state index >= 15 is 0 Å². The molecular formula is C17H22IN5O. The summed E-state index contributed by atoms with van der Waals surface area (Å²) in [4.78, 5) is 20.0. The van der Waals surface area contributed by atoms with Gasteiger partial charge in [-0.05, 0) is 24.6 Å². The standard InChI is InChI=1S/C17H21N5O.HI/c1-13(14-7-4-3-5-8-14)21-17(18-2)20-12-16(23)22-15-9-6-10-19-11-15;/h3-11,13H,12H2,1-2H3,(H,22,23)(H2,18,20,21);1H. The van der Waals surface area contributed by atoms with Gasteiger partial charge in [0, 0.05) is 13.2 Å². The Morgan fingerprint density at radius 3 is 2.58 bits per heavy atom. The molecule has 0 aliphatic rings. The predicted octanol–water partition coefficient (Wildman–Crippen LogP) is 2.56. The van der Waals surface area contributed by atoms with E-state index in [4.69, 9.17) is 0 Å². The van der Waals surface area contributed by atoms with Gasteiger partial charge in [0.2, 0.25) is 5.91 Å². The van der Waals surface area contributed by atoms with Gasteiger partial charge in [0.1, 0.15) is 0 Å². The number of aromatic nitrogens is 1. The summed E-state index contributed by atoms with van der Waals surface area (Å²) in [5, 5.41) is 9.00. The Morgan fingerprint density at radius 1 is 1.21 bits per heavy atom. The van der Waals surface area contributed by atoms with Crippen molar-refractivity contribution in [2.75, 3.05) is 18.9 Å². The first-order valence-corrected chi connectivity index (χ1v) is 7.41. The molecule has 0 bridgehead atoms. The Bertz CT molecular complexity index is 649. The molecule has 0 aliphatic heterocycles. The molecule has 1 aromatic carbocycles. The lowest BCUT2D eigenvalue weighted by atomic mass is 10.1. The van der Waals surface area contributed by atoms with Crippen LogP contribution < -0.4 is 16.0 Å². The number of halogens is 1. The highest BCUT2D eigenvalue weighted by molar-refractivity contribution is 14.0. The second kappa shape index (κ2) is 10.6. The molecule has 2 aromatic rings. The van der Waals surface area contributed by atoms with Crippen molar-refractivity contribution in [3.63, 3.8) is 0 Å². The van der Waals surface area contributed by atoms with Crippen molar-refractivity contribution in [3.8, 4) is 0 Å². The van der Waals surface area contributed by atoms with Crippen molar-refractivity contribution >= 4 is 41.5 Å². The SMILES string of the molecule is CN=C(NCC(=O)Nc1cccnc1)NC(C)c1ccccc1.I. The van der Waals surface area contributed by atoms with Crippen LogP contribution in [0, 0.1) is 0 Å². The van der Waals surface area contributed by atoms with Crippen LogP contribution in [-0.2, 0) is 4.79 Å². The third-order valence-electron chi connectivity index (χ3n) is 3.24. The topological polar surface area (TPSA) is 78.4 Å². The third-order valence-corrected chi connectivity index (χ3v) is 3.24. The molecule has 0 radical (unpaired) electrons. The maximum absolute atomic E-state index is 11.9. The van der Waals surface area contributed by atoms with Crippen molar-refractivity contribution in [3.05, 3.63) is 60.4 Å². The zero-order valence-corrected chi connectivity index (χ0v) is 16.0. The lowest BCUT2D eigenvalue weighted by Crippen LogP contribution is -2.42. The molecule has 128 valence electrons. The molecule has 0 saturated carbocycles. The number of nitrogens with one attached hydrogen (secondary N) is 3. The van der Waals surface area contributed by atoms with Crippen LogP contribution in [0.1, 0.15) is 18.5 Å². The van der Waals surface area contributed by atoms with Gasteiger partial charge in [-0.2, -0.15) is 0 Å². The highest BCUT2D eigenvalue weighted by Gasteiger charge is 2.08. The number of aliphatic imine (C=N–C) groups is 1. The predicted molar refractivity (Wildman–Crippen MR) is 108 cm³/mol. The fraction of sp³-hybridized carbons (Fsp3) is 0.235. The number of amides is 1. The summed E-state index contributed by atoms with van der Waals surface area (Å²) < 4.78 is 0. The van der Waals surface area contributed by atoms with E-state index in [2.05, 4.69) is 25.9 Å². The molecular weight excluding hydrogens is 417 g/mol. The first-order chi connectivity index (χ1) is 11.2. The molecule has 7 heteroatoms. The molecule has 1 unspecified atom stereocenters. The van der Waals surface area contributed by atoms with E-state index in [1.807, 2.05) is 37.3 Å². The van der Waals surface area contributed by atoms with Crippen LogP contribution in [0.15, 0.2) is 59.9 Å². The lowest BCUT2D eigenvalue weighted by Gasteiger charge is -2.18. The molecule has 0 aliphatic carbocycles. The van der Waals surface area contributed by atoms with Crippen LogP contribution in [0.5, 0.6) is 0 Å². The van der Waals surface area contributed by atoms with Gasteiger partial charge in [0.15, 0.2) is 5.96 Å². The van der Waals surface area contributed by atoms with E-state index in [-0.39, 0.29) is 42.5 Å². The average molecular weight is 439 g/mol. The summed E-state index contributed by atoms with van der Waals surface area (Å²) >= 11 is 0. The van der Waals surface area contributed by atoms with E-state index in [1.165, 1.54) is 0 Å². The van der Waals surface area contributed by atoms with E-state index in [0.29, 0.717) is 11.6 Å². The Morgan fingerprint density at radius 2 is 1.96 bits per heavy atom. The van der Waals surface area contributed by atoms with Gasteiger partial charge in [-0.1, -0.05) is 30.3 Å². The third kappa shape index (κ3) is 6.53. The summed E-state index contributed by atoms with van der Waals surface area (Å²) in [5.74, 6) is 0.413. The Hall–Kier alpha value is -2.16. The second-order valence-electron chi connectivity index (χ2n) is 4.99. The minimum absolute atomic E-state index is 0. The lowest BCUT2D eigenvalue weighted by molar-refractivity contribution is -0.115. The number of carbonyl (C=O) groups excluding carboxylic acids is 1. The van der Waals surface area contributed by atoms with Crippen LogP contribution in [0.25, 0.3) is 0 Å². The molecule has 6 nitrogen and oxygen atoms in total. The maximum atomic E-state index is 11.9. The fourth-order valence-electron chi connectivity index (χ4n) is 2.03. The van der Waals surface area contributed by atoms with Crippen LogP contribution in [0.3, 0.4) is 0 Å². The first kappa shape index (κ1) is 19.9. The molecule has 24 heavy (non-hydrogen) atoms. The molecule has 0 saturated heterocycles. The van der Waals surface area contributed by atoms with Crippen molar-refractivity contribution in [1.29, 1.82) is 0 Å². The van der Waals surface area contributed by atoms with Gasteiger partial charge in [-0.3, -0.25) is 14.8 Å². The van der Waals surface area contributed by atoms with Crippen molar-refractivity contribution in [2.45, 2.75) is 13.0 Å². The zero-order valence-electron chi connectivity index (χ0n) is 13.7. The molecule has 3 N–H and O–H groups in total. The summed E-state index contributed by atoms with van der Waals surface area (Å²) in [6.07, 6.45) is 3.26. The van der Waals surface area contributed by atoms with Crippen LogP contribution in [0.4, 0.5) is 5.69 Å². The molecule has 0 spiro atoms. The maximum Gasteiger partial charge on any atom is 0.243 e. The van der Waals surface area contributed by atoms with Crippen molar-refractivity contribution < 1.29 is 4.79 Å². The summed E-state index contributed by atoms with van der Waals surface area (Å²) in [5.41, 5.74) is 1.81. The Balaban J connectivity index is 0.00000288. The number of guanidine groups is 1. The molecule has 1 aromatic heterocycles. The van der Waals surface area contributed by atoms with E-state index in [0.717, 1.165) is 5.56 Å². The smallest absolute Gasteiger partial charge is 0.243 e. The summed E-state index contributed by atoms with van der Waals surface area (Å²) in [7, 11) is 1.67. The molecule has 1 heterocycles.